The van der Waals surface area contributed by atoms with Crippen molar-refractivity contribution in [1.82, 2.24) is 5.32 Å². The highest BCUT2D eigenvalue weighted by molar-refractivity contribution is 5.84. The number of benzene rings is 1. The van der Waals surface area contributed by atoms with Crippen LogP contribution in [0.25, 0.3) is 0 Å². The fourth-order valence-corrected chi connectivity index (χ4v) is 3.00. The first-order valence-corrected chi connectivity index (χ1v) is 7.85. The molecule has 0 amide bonds. The van der Waals surface area contributed by atoms with Crippen LogP contribution < -0.4 is 5.32 Å². The van der Waals surface area contributed by atoms with Crippen LogP contribution in [0.2, 0.25) is 0 Å². The van der Waals surface area contributed by atoms with Crippen molar-refractivity contribution in [2.75, 3.05) is 33.9 Å². The quantitative estimate of drug-likeness (QED) is 0.647. The molecule has 1 aromatic rings. The normalized spacial score (nSPS) is 17.8. The van der Waals surface area contributed by atoms with Crippen molar-refractivity contribution in [2.45, 2.75) is 19.3 Å². The number of nitrogens with zero attached hydrogens (tertiary/aromatic N) is 1. The van der Waals surface area contributed by atoms with Crippen molar-refractivity contribution >= 4 is 5.90 Å². The van der Waals surface area contributed by atoms with E-state index < -0.39 is 0 Å². The molecule has 0 spiro atoms. The summed E-state index contributed by atoms with van der Waals surface area (Å²) in [5.41, 5.74) is 1.46. The predicted molar refractivity (Wildman–Crippen MR) is 90.1 cm³/mol. The van der Waals surface area contributed by atoms with Gasteiger partial charge in [-0.1, -0.05) is 18.7 Å². The van der Waals surface area contributed by atoms with Crippen LogP contribution in [0.4, 0.5) is 4.39 Å². The van der Waals surface area contributed by atoms with Crippen LogP contribution in [0.5, 0.6) is 0 Å². The van der Waals surface area contributed by atoms with Crippen LogP contribution in [0.15, 0.2) is 41.5 Å². The Bertz CT molecular complexity index is 543. The van der Waals surface area contributed by atoms with E-state index in [-0.39, 0.29) is 11.2 Å². The first-order valence-electron chi connectivity index (χ1n) is 7.85. The minimum absolute atomic E-state index is 0.208. The Balaban J connectivity index is 2.14. The summed E-state index contributed by atoms with van der Waals surface area (Å²) in [5, 5.41) is 3.35. The summed E-state index contributed by atoms with van der Waals surface area (Å²) in [6, 6.07) is 6.39. The molecule has 5 heteroatoms. The molecule has 1 fully saturated rings. The number of nitrogens with one attached hydrogen (secondary N) is 1. The topological polar surface area (TPSA) is 42.9 Å². The molecule has 23 heavy (non-hydrogen) atoms. The first kappa shape index (κ1) is 17.6. The lowest BCUT2D eigenvalue weighted by Gasteiger charge is -2.36. The number of hydrogen-bond donors (Lipinski definition) is 1. The van der Waals surface area contributed by atoms with Crippen LogP contribution in [0, 0.1) is 11.2 Å². The van der Waals surface area contributed by atoms with E-state index in [1.54, 1.807) is 26.4 Å². The largest absolute Gasteiger partial charge is 0.484 e. The highest BCUT2D eigenvalue weighted by atomic mass is 19.1. The van der Waals surface area contributed by atoms with Gasteiger partial charge in [0.1, 0.15) is 5.82 Å². The Labute approximate surface area is 137 Å². The van der Waals surface area contributed by atoms with Gasteiger partial charge in [-0.15, -0.1) is 0 Å². The number of aliphatic imine (C=N–C) groups is 1. The molecule has 126 valence electrons. The third kappa shape index (κ3) is 4.62. The Hall–Kier alpha value is -1.72. The van der Waals surface area contributed by atoms with Gasteiger partial charge in [-0.05, 0) is 43.6 Å². The molecule has 0 aromatic heterocycles. The number of piperidine rings is 1. The highest BCUT2D eigenvalue weighted by Gasteiger charge is 2.39. The van der Waals surface area contributed by atoms with Gasteiger partial charge in [-0.2, -0.15) is 0 Å². The van der Waals surface area contributed by atoms with Crippen LogP contribution in [0.1, 0.15) is 18.4 Å². The van der Waals surface area contributed by atoms with Gasteiger partial charge in [0, 0.05) is 19.2 Å². The number of hydrogen-bond acceptors (Lipinski definition) is 4. The van der Waals surface area contributed by atoms with E-state index >= 15 is 0 Å². The minimum Gasteiger partial charge on any atom is -0.484 e. The number of ether oxygens (including phenoxy) is 2. The van der Waals surface area contributed by atoms with Crippen molar-refractivity contribution in [3.63, 3.8) is 0 Å². The number of rotatable bonds is 6. The van der Waals surface area contributed by atoms with Crippen LogP contribution in [0.3, 0.4) is 0 Å². The second-order valence-corrected chi connectivity index (χ2v) is 5.95. The van der Waals surface area contributed by atoms with Gasteiger partial charge in [-0.25, -0.2) is 9.38 Å². The molecule has 1 aliphatic heterocycles. The second kappa shape index (κ2) is 8.22. The van der Waals surface area contributed by atoms with Gasteiger partial charge in [0.05, 0.1) is 19.1 Å². The molecular formula is C18H25FN2O2. The average Bonchev–Trinajstić information content (AvgIpc) is 2.56. The SMILES string of the molecule is C=C(Cc1ccc(F)cc1)N=C(OC)C1(COC)CCNCC1. The molecule has 1 aliphatic rings. The lowest BCUT2D eigenvalue weighted by molar-refractivity contribution is 0.0851. The number of halogens is 1. The average molecular weight is 320 g/mol. The van der Waals surface area contributed by atoms with Crippen molar-refractivity contribution in [1.29, 1.82) is 0 Å². The third-order valence-electron chi connectivity index (χ3n) is 4.21. The minimum atomic E-state index is -0.241. The van der Waals surface area contributed by atoms with Crippen molar-refractivity contribution in [3.05, 3.63) is 47.9 Å². The monoisotopic (exact) mass is 320 g/mol. The number of methoxy groups -OCH3 is 2. The molecule has 0 aliphatic carbocycles. The Morgan fingerprint density at radius 1 is 1.26 bits per heavy atom. The molecule has 0 saturated carbocycles. The lowest BCUT2D eigenvalue weighted by atomic mass is 9.79. The molecule has 2 rings (SSSR count). The van der Waals surface area contributed by atoms with Crippen LogP contribution in [-0.2, 0) is 15.9 Å². The zero-order valence-corrected chi connectivity index (χ0v) is 13.9. The Morgan fingerprint density at radius 3 is 2.48 bits per heavy atom. The molecule has 1 N–H and O–H groups in total. The molecule has 0 unspecified atom stereocenters. The Kier molecular flexibility index (Phi) is 6.30. The maximum atomic E-state index is 13.0. The molecule has 0 atom stereocenters. The molecule has 4 nitrogen and oxygen atoms in total. The van der Waals surface area contributed by atoms with E-state index in [0.717, 1.165) is 31.5 Å². The van der Waals surface area contributed by atoms with Gasteiger partial charge in [0.15, 0.2) is 5.90 Å². The summed E-state index contributed by atoms with van der Waals surface area (Å²) in [6.45, 7) is 6.43. The molecule has 1 saturated heterocycles. The van der Waals surface area contributed by atoms with Gasteiger partial charge >= 0.3 is 0 Å². The third-order valence-corrected chi connectivity index (χ3v) is 4.21. The van der Waals surface area contributed by atoms with Gasteiger partial charge < -0.3 is 14.8 Å². The van der Waals surface area contributed by atoms with E-state index in [1.165, 1.54) is 12.1 Å². The number of allylic oxidation sites excluding steroid dienone is 1. The summed E-state index contributed by atoms with van der Waals surface area (Å²) < 4.78 is 24.0. The van der Waals surface area contributed by atoms with Crippen molar-refractivity contribution < 1.29 is 13.9 Å². The smallest absolute Gasteiger partial charge is 0.196 e. The van der Waals surface area contributed by atoms with Crippen molar-refractivity contribution in [3.8, 4) is 0 Å². The van der Waals surface area contributed by atoms with E-state index in [1.807, 2.05) is 0 Å². The maximum Gasteiger partial charge on any atom is 0.196 e. The van der Waals surface area contributed by atoms with Gasteiger partial charge in [0.2, 0.25) is 0 Å². The summed E-state index contributed by atoms with van der Waals surface area (Å²) in [7, 11) is 3.34. The van der Waals surface area contributed by atoms with E-state index in [9.17, 15) is 4.39 Å². The lowest BCUT2D eigenvalue weighted by Crippen LogP contribution is -2.45. The van der Waals surface area contributed by atoms with E-state index in [4.69, 9.17) is 9.47 Å². The fourth-order valence-electron chi connectivity index (χ4n) is 3.00. The van der Waals surface area contributed by atoms with Crippen LogP contribution >= 0.6 is 0 Å². The van der Waals surface area contributed by atoms with Crippen LogP contribution in [-0.4, -0.2) is 39.8 Å². The molecule has 1 aromatic carbocycles. The fraction of sp³-hybridized carbons (Fsp3) is 0.500. The zero-order chi connectivity index (χ0) is 16.7. The summed E-state index contributed by atoms with van der Waals surface area (Å²) >= 11 is 0. The summed E-state index contributed by atoms with van der Waals surface area (Å²) in [6.07, 6.45) is 2.39. The Morgan fingerprint density at radius 2 is 1.91 bits per heavy atom. The van der Waals surface area contributed by atoms with E-state index in [0.29, 0.717) is 24.6 Å². The van der Waals surface area contributed by atoms with Gasteiger partial charge in [0.25, 0.3) is 0 Å². The van der Waals surface area contributed by atoms with E-state index in [2.05, 4.69) is 16.9 Å². The molecule has 1 heterocycles. The predicted octanol–water partition coefficient (Wildman–Crippen LogP) is 2.94. The second-order valence-electron chi connectivity index (χ2n) is 5.95. The summed E-state index contributed by atoms with van der Waals surface area (Å²) in [5.74, 6) is 0.433. The molecule has 0 radical (unpaired) electrons. The molecule has 0 bridgehead atoms. The molecular weight excluding hydrogens is 295 g/mol. The van der Waals surface area contributed by atoms with Crippen molar-refractivity contribution in [2.24, 2.45) is 10.4 Å². The first-order chi connectivity index (χ1) is 11.1. The standard InChI is InChI=1S/C18H25FN2O2/c1-14(12-15-4-6-16(19)7-5-15)21-17(23-3)18(13-22-2)8-10-20-11-9-18/h4-7,20H,1,8-13H2,2-3H3. The zero-order valence-electron chi connectivity index (χ0n) is 13.9. The summed E-state index contributed by atoms with van der Waals surface area (Å²) in [4.78, 5) is 4.63. The highest BCUT2D eigenvalue weighted by Crippen LogP contribution is 2.32. The van der Waals surface area contributed by atoms with Gasteiger partial charge in [-0.3, -0.25) is 0 Å². The maximum absolute atomic E-state index is 13.0.